The molecule has 6 heteroatoms. The van der Waals surface area contributed by atoms with E-state index < -0.39 is 0 Å². The lowest BCUT2D eigenvalue weighted by atomic mass is 10.2. The Bertz CT molecular complexity index is 524. The summed E-state index contributed by atoms with van der Waals surface area (Å²) in [6.07, 6.45) is 2.71. The normalized spacial score (nSPS) is 19.0. The molecule has 1 aliphatic carbocycles. The highest BCUT2D eigenvalue weighted by Gasteiger charge is 2.20. The van der Waals surface area contributed by atoms with Crippen LogP contribution in [0.5, 0.6) is 0 Å². The summed E-state index contributed by atoms with van der Waals surface area (Å²) < 4.78 is 0. The fraction of sp³-hybridized carbons (Fsp3) is 0.650. The molecule has 1 saturated heterocycles. The Morgan fingerprint density at radius 1 is 1.04 bits per heavy atom. The van der Waals surface area contributed by atoms with Gasteiger partial charge in [0.05, 0.1) is 0 Å². The number of hydrogen-bond acceptors (Lipinski definition) is 3. The minimum Gasteiger partial charge on any atom is -0.357 e. The van der Waals surface area contributed by atoms with Gasteiger partial charge in [0.15, 0.2) is 5.96 Å². The highest BCUT2D eigenvalue weighted by Crippen LogP contribution is 2.28. The molecule has 0 amide bonds. The maximum absolute atomic E-state index is 4.68. The van der Waals surface area contributed by atoms with Gasteiger partial charge >= 0.3 is 0 Å². The van der Waals surface area contributed by atoms with E-state index in [0.29, 0.717) is 0 Å². The largest absolute Gasteiger partial charge is 0.357 e. The van der Waals surface area contributed by atoms with E-state index in [0.717, 1.165) is 70.8 Å². The molecule has 1 heterocycles. The lowest BCUT2D eigenvalue weighted by Gasteiger charge is -2.34. The van der Waals surface area contributed by atoms with E-state index >= 15 is 0 Å². The van der Waals surface area contributed by atoms with Crippen LogP contribution in [-0.2, 0) is 6.54 Å². The van der Waals surface area contributed by atoms with Gasteiger partial charge in [-0.25, -0.2) is 0 Å². The Hall–Kier alpha value is -0.860. The molecule has 0 bridgehead atoms. The molecule has 2 N–H and O–H groups in total. The second kappa shape index (κ2) is 11.8. The number of guanidine groups is 1. The predicted octanol–water partition coefficient (Wildman–Crippen LogP) is 2.39. The molecule has 3 rings (SSSR count). The van der Waals surface area contributed by atoms with Gasteiger partial charge in [-0.15, -0.1) is 24.0 Å². The van der Waals surface area contributed by atoms with E-state index in [4.69, 9.17) is 0 Å². The summed E-state index contributed by atoms with van der Waals surface area (Å²) in [6, 6.07) is 10.8. The first-order valence-electron chi connectivity index (χ1n) is 9.84. The molecule has 1 aliphatic heterocycles. The van der Waals surface area contributed by atoms with E-state index in [9.17, 15) is 0 Å². The maximum atomic E-state index is 4.68. The SMILES string of the molecule is CCNC(=NCC1CC1)NCCN1CCN(Cc2ccccc2)CC1.I. The van der Waals surface area contributed by atoms with Crippen molar-refractivity contribution in [1.29, 1.82) is 0 Å². The molecule has 0 radical (unpaired) electrons. The molecule has 1 aromatic rings. The first-order chi connectivity index (χ1) is 12.3. The number of nitrogens with one attached hydrogen (secondary N) is 2. The van der Waals surface area contributed by atoms with E-state index in [1.54, 1.807) is 0 Å². The maximum Gasteiger partial charge on any atom is 0.191 e. The molecular weight excluding hydrogens is 437 g/mol. The monoisotopic (exact) mass is 471 g/mol. The van der Waals surface area contributed by atoms with Crippen molar-refractivity contribution in [1.82, 2.24) is 20.4 Å². The van der Waals surface area contributed by atoms with Gasteiger partial charge in [0, 0.05) is 58.9 Å². The van der Waals surface area contributed by atoms with Crippen LogP contribution in [0.3, 0.4) is 0 Å². The van der Waals surface area contributed by atoms with Gasteiger partial charge in [-0.3, -0.25) is 14.8 Å². The zero-order valence-electron chi connectivity index (χ0n) is 16.0. The summed E-state index contributed by atoms with van der Waals surface area (Å²) in [5.41, 5.74) is 1.42. The fourth-order valence-corrected chi connectivity index (χ4v) is 3.21. The Morgan fingerprint density at radius 2 is 1.73 bits per heavy atom. The van der Waals surface area contributed by atoms with E-state index in [1.807, 2.05) is 0 Å². The summed E-state index contributed by atoms with van der Waals surface area (Å²) in [5, 5.41) is 6.84. The van der Waals surface area contributed by atoms with Crippen LogP contribution in [0.2, 0.25) is 0 Å². The van der Waals surface area contributed by atoms with Crippen molar-refractivity contribution in [2.45, 2.75) is 26.3 Å². The molecule has 1 saturated carbocycles. The fourth-order valence-electron chi connectivity index (χ4n) is 3.21. The second-order valence-corrected chi connectivity index (χ2v) is 7.19. The molecule has 0 atom stereocenters. The molecule has 1 aromatic carbocycles. The molecule has 0 unspecified atom stereocenters. The lowest BCUT2D eigenvalue weighted by Crippen LogP contribution is -2.49. The van der Waals surface area contributed by atoms with E-state index in [-0.39, 0.29) is 24.0 Å². The summed E-state index contributed by atoms with van der Waals surface area (Å²) >= 11 is 0. The Labute approximate surface area is 175 Å². The van der Waals surface area contributed by atoms with Gasteiger partial charge in [-0.05, 0) is 31.2 Å². The van der Waals surface area contributed by atoms with Crippen molar-refractivity contribution in [3.05, 3.63) is 35.9 Å². The van der Waals surface area contributed by atoms with Crippen LogP contribution in [0.1, 0.15) is 25.3 Å². The van der Waals surface area contributed by atoms with Gasteiger partial charge in [0.1, 0.15) is 0 Å². The zero-order valence-corrected chi connectivity index (χ0v) is 18.3. The standard InChI is InChI=1S/C20H33N5.HI/c1-2-21-20(23-16-18-8-9-18)22-10-11-24-12-14-25(15-13-24)17-19-6-4-3-5-7-19;/h3-7,18H,2,8-17H2,1H3,(H2,21,22,23);1H. The highest BCUT2D eigenvalue weighted by molar-refractivity contribution is 14.0. The molecule has 2 fully saturated rings. The van der Waals surface area contributed by atoms with Gasteiger partial charge in [0.25, 0.3) is 0 Å². The lowest BCUT2D eigenvalue weighted by molar-refractivity contribution is 0.129. The first-order valence-corrected chi connectivity index (χ1v) is 9.84. The predicted molar refractivity (Wildman–Crippen MR) is 120 cm³/mol. The number of benzene rings is 1. The Kier molecular flexibility index (Phi) is 9.71. The van der Waals surface area contributed by atoms with Crippen molar-refractivity contribution in [2.75, 3.05) is 52.4 Å². The topological polar surface area (TPSA) is 42.9 Å². The Balaban J connectivity index is 0.00000243. The highest BCUT2D eigenvalue weighted by atomic mass is 127. The number of nitrogens with zero attached hydrogens (tertiary/aromatic N) is 3. The van der Waals surface area contributed by atoms with Crippen LogP contribution in [-0.4, -0.2) is 68.1 Å². The number of rotatable bonds is 8. The van der Waals surface area contributed by atoms with Crippen molar-refractivity contribution in [3.8, 4) is 0 Å². The second-order valence-electron chi connectivity index (χ2n) is 7.19. The number of piperazine rings is 1. The molecule has 5 nitrogen and oxygen atoms in total. The number of aliphatic imine (C=N–C) groups is 1. The summed E-state index contributed by atoms with van der Waals surface area (Å²) in [5.74, 6) is 1.82. The average molecular weight is 471 g/mol. The third-order valence-corrected chi connectivity index (χ3v) is 4.98. The molecular formula is C20H34IN5. The summed E-state index contributed by atoms with van der Waals surface area (Å²) in [7, 11) is 0. The van der Waals surface area contributed by atoms with Crippen LogP contribution < -0.4 is 10.6 Å². The minimum absolute atomic E-state index is 0. The third kappa shape index (κ3) is 7.80. The zero-order chi connectivity index (χ0) is 17.3. The summed E-state index contributed by atoms with van der Waals surface area (Å²) in [4.78, 5) is 9.80. The summed E-state index contributed by atoms with van der Waals surface area (Å²) in [6.45, 7) is 11.8. The molecule has 0 aromatic heterocycles. The number of hydrogen-bond donors (Lipinski definition) is 2. The van der Waals surface area contributed by atoms with Crippen LogP contribution >= 0.6 is 24.0 Å². The van der Waals surface area contributed by atoms with Crippen LogP contribution in [0.15, 0.2) is 35.3 Å². The van der Waals surface area contributed by atoms with E-state index in [2.05, 4.69) is 62.7 Å². The molecule has 2 aliphatic rings. The minimum atomic E-state index is 0. The number of halogens is 1. The average Bonchev–Trinajstić information content (AvgIpc) is 3.46. The van der Waals surface area contributed by atoms with Gasteiger partial charge in [0.2, 0.25) is 0 Å². The quantitative estimate of drug-likeness (QED) is 0.347. The first kappa shape index (κ1) is 21.4. The van der Waals surface area contributed by atoms with Gasteiger partial charge < -0.3 is 10.6 Å². The van der Waals surface area contributed by atoms with E-state index in [1.165, 1.54) is 18.4 Å². The third-order valence-electron chi connectivity index (χ3n) is 4.98. The molecule has 26 heavy (non-hydrogen) atoms. The van der Waals surface area contributed by atoms with Crippen LogP contribution in [0, 0.1) is 5.92 Å². The van der Waals surface area contributed by atoms with Crippen molar-refractivity contribution in [3.63, 3.8) is 0 Å². The van der Waals surface area contributed by atoms with Crippen molar-refractivity contribution in [2.24, 2.45) is 10.9 Å². The Morgan fingerprint density at radius 3 is 2.38 bits per heavy atom. The van der Waals surface area contributed by atoms with Gasteiger partial charge in [-0.2, -0.15) is 0 Å². The van der Waals surface area contributed by atoms with Crippen LogP contribution in [0.25, 0.3) is 0 Å². The van der Waals surface area contributed by atoms with Crippen molar-refractivity contribution < 1.29 is 0 Å². The van der Waals surface area contributed by atoms with Gasteiger partial charge in [-0.1, -0.05) is 30.3 Å². The smallest absolute Gasteiger partial charge is 0.191 e. The molecule has 146 valence electrons. The van der Waals surface area contributed by atoms with Crippen LogP contribution in [0.4, 0.5) is 0 Å². The van der Waals surface area contributed by atoms with Crippen molar-refractivity contribution >= 4 is 29.9 Å². The molecule has 0 spiro atoms.